The first-order valence-corrected chi connectivity index (χ1v) is 7.64. The number of carbonyl (C=O) groups excluding carboxylic acids is 2. The second kappa shape index (κ2) is 6.81. The van der Waals surface area contributed by atoms with Crippen LogP contribution in [0.1, 0.15) is 33.5 Å². The van der Waals surface area contributed by atoms with Gasteiger partial charge < -0.3 is 14.5 Å². The van der Waals surface area contributed by atoms with Crippen molar-refractivity contribution in [3.05, 3.63) is 34.4 Å². The maximum absolute atomic E-state index is 12.8. The molecule has 5 heteroatoms. The van der Waals surface area contributed by atoms with Crippen LogP contribution >= 0.6 is 0 Å². The fourth-order valence-corrected chi connectivity index (χ4v) is 2.79. The minimum Gasteiger partial charge on any atom is -0.453 e. The van der Waals surface area contributed by atoms with Gasteiger partial charge in [-0.15, -0.1) is 0 Å². The van der Waals surface area contributed by atoms with Gasteiger partial charge >= 0.3 is 6.09 Å². The monoisotopic (exact) mass is 304 g/mol. The van der Waals surface area contributed by atoms with Gasteiger partial charge in [0.2, 0.25) is 0 Å². The molecule has 22 heavy (non-hydrogen) atoms. The fraction of sp³-hybridized carbons (Fsp3) is 0.529. The molecule has 1 aliphatic heterocycles. The van der Waals surface area contributed by atoms with E-state index in [1.54, 1.807) is 4.90 Å². The Labute approximate surface area is 131 Å². The van der Waals surface area contributed by atoms with Gasteiger partial charge in [0.05, 0.1) is 7.11 Å². The van der Waals surface area contributed by atoms with Crippen LogP contribution in [0.3, 0.4) is 0 Å². The number of amides is 2. The summed E-state index contributed by atoms with van der Waals surface area (Å²) in [4.78, 5) is 27.9. The third kappa shape index (κ3) is 3.40. The van der Waals surface area contributed by atoms with Crippen molar-refractivity contribution in [3.8, 4) is 0 Å². The number of hydrogen-bond acceptors (Lipinski definition) is 3. The number of aryl methyl sites for hydroxylation is 3. The van der Waals surface area contributed by atoms with Gasteiger partial charge in [-0.2, -0.15) is 0 Å². The molecule has 0 unspecified atom stereocenters. The largest absolute Gasteiger partial charge is 0.453 e. The number of hydrogen-bond donors (Lipinski definition) is 0. The Balaban J connectivity index is 2.13. The lowest BCUT2D eigenvalue weighted by Crippen LogP contribution is -2.37. The SMILES string of the molecule is COC(=O)N1CCCN(C(=O)c2cc(C)c(C)cc2C)CC1. The number of methoxy groups -OCH3 is 1. The molecule has 2 amide bonds. The maximum atomic E-state index is 12.8. The fourth-order valence-electron chi connectivity index (χ4n) is 2.79. The van der Waals surface area contributed by atoms with Gasteiger partial charge in [0.1, 0.15) is 0 Å². The second-order valence-corrected chi connectivity index (χ2v) is 5.85. The van der Waals surface area contributed by atoms with Crippen molar-refractivity contribution in [1.82, 2.24) is 9.80 Å². The molecule has 1 aromatic carbocycles. The molecule has 1 aromatic rings. The molecule has 1 aliphatic rings. The molecular weight excluding hydrogens is 280 g/mol. The molecule has 0 saturated carbocycles. The minimum atomic E-state index is -0.323. The van der Waals surface area contributed by atoms with Crippen LogP contribution < -0.4 is 0 Å². The number of benzene rings is 1. The molecular formula is C17H24N2O3. The number of nitrogens with zero attached hydrogens (tertiary/aromatic N) is 2. The van der Waals surface area contributed by atoms with Crippen molar-refractivity contribution >= 4 is 12.0 Å². The van der Waals surface area contributed by atoms with Crippen LogP contribution in [0.5, 0.6) is 0 Å². The van der Waals surface area contributed by atoms with Crippen molar-refractivity contribution < 1.29 is 14.3 Å². The lowest BCUT2D eigenvalue weighted by atomic mass is 10.00. The summed E-state index contributed by atoms with van der Waals surface area (Å²) in [5.74, 6) is 0.0484. The smallest absolute Gasteiger partial charge is 0.409 e. The molecule has 1 fully saturated rings. The Morgan fingerprint density at radius 3 is 2.18 bits per heavy atom. The van der Waals surface area contributed by atoms with Crippen LogP contribution in [0.2, 0.25) is 0 Å². The van der Waals surface area contributed by atoms with Crippen molar-refractivity contribution in [1.29, 1.82) is 0 Å². The summed E-state index contributed by atoms with van der Waals surface area (Å²) in [6, 6.07) is 4.02. The van der Waals surface area contributed by atoms with Crippen LogP contribution in [-0.4, -0.2) is 55.1 Å². The first-order chi connectivity index (χ1) is 10.4. The van der Waals surface area contributed by atoms with Gasteiger partial charge in [-0.1, -0.05) is 6.07 Å². The van der Waals surface area contributed by atoms with Crippen LogP contribution in [0.4, 0.5) is 4.79 Å². The normalized spacial score (nSPS) is 15.5. The van der Waals surface area contributed by atoms with E-state index < -0.39 is 0 Å². The van der Waals surface area contributed by atoms with E-state index in [1.165, 1.54) is 12.7 Å². The van der Waals surface area contributed by atoms with E-state index in [2.05, 4.69) is 13.0 Å². The summed E-state index contributed by atoms with van der Waals surface area (Å²) in [5.41, 5.74) is 4.08. The Morgan fingerprint density at radius 2 is 1.50 bits per heavy atom. The molecule has 120 valence electrons. The third-order valence-electron chi connectivity index (χ3n) is 4.29. The molecule has 0 aliphatic carbocycles. The van der Waals surface area contributed by atoms with E-state index in [-0.39, 0.29) is 12.0 Å². The zero-order valence-corrected chi connectivity index (χ0v) is 13.8. The molecule has 0 bridgehead atoms. The molecule has 0 radical (unpaired) electrons. The van der Waals surface area contributed by atoms with Crippen LogP contribution in [-0.2, 0) is 4.74 Å². The lowest BCUT2D eigenvalue weighted by Gasteiger charge is -2.22. The zero-order valence-electron chi connectivity index (χ0n) is 13.8. The van der Waals surface area contributed by atoms with Gasteiger partial charge in [0, 0.05) is 31.7 Å². The van der Waals surface area contributed by atoms with Gasteiger partial charge in [0.25, 0.3) is 5.91 Å². The molecule has 0 atom stereocenters. The van der Waals surface area contributed by atoms with Gasteiger partial charge in [0.15, 0.2) is 0 Å². The lowest BCUT2D eigenvalue weighted by molar-refractivity contribution is 0.0756. The molecule has 2 rings (SSSR count). The molecule has 1 saturated heterocycles. The quantitative estimate of drug-likeness (QED) is 0.801. The Morgan fingerprint density at radius 1 is 0.909 bits per heavy atom. The average molecular weight is 304 g/mol. The van der Waals surface area contributed by atoms with Crippen molar-refractivity contribution in [2.75, 3.05) is 33.3 Å². The van der Waals surface area contributed by atoms with Crippen molar-refractivity contribution in [2.24, 2.45) is 0 Å². The second-order valence-electron chi connectivity index (χ2n) is 5.85. The van der Waals surface area contributed by atoms with E-state index >= 15 is 0 Å². The van der Waals surface area contributed by atoms with Crippen molar-refractivity contribution in [3.63, 3.8) is 0 Å². The maximum Gasteiger partial charge on any atom is 0.409 e. The van der Waals surface area contributed by atoms with E-state index in [0.717, 1.165) is 23.1 Å². The average Bonchev–Trinajstić information content (AvgIpc) is 2.75. The number of ether oxygens (including phenoxy) is 1. The Hall–Kier alpha value is -2.04. The summed E-state index contributed by atoms with van der Waals surface area (Å²) in [6.07, 6.45) is 0.446. The van der Waals surface area contributed by atoms with Gasteiger partial charge in [-0.25, -0.2) is 4.79 Å². The zero-order chi connectivity index (χ0) is 16.3. The first-order valence-electron chi connectivity index (χ1n) is 7.64. The highest BCUT2D eigenvalue weighted by molar-refractivity contribution is 5.96. The van der Waals surface area contributed by atoms with Gasteiger partial charge in [-0.05, 0) is 49.9 Å². The predicted molar refractivity (Wildman–Crippen MR) is 85.2 cm³/mol. The summed E-state index contributed by atoms with van der Waals surface area (Å²) in [5, 5.41) is 0. The highest BCUT2D eigenvalue weighted by atomic mass is 16.5. The molecule has 0 spiro atoms. The topological polar surface area (TPSA) is 49.9 Å². The minimum absolute atomic E-state index is 0.0484. The highest BCUT2D eigenvalue weighted by Gasteiger charge is 2.24. The summed E-state index contributed by atoms with van der Waals surface area (Å²) >= 11 is 0. The summed E-state index contributed by atoms with van der Waals surface area (Å²) in [7, 11) is 1.38. The predicted octanol–water partition coefficient (Wildman–Crippen LogP) is 2.53. The Bertz CT molecular complexity index is 584. The van der Waals surface area contributed by atoms with E-state index in [9.17, 15) is 9.59 Å². The standard InChI is InChI=1S/C17H24N2O3/c1-12-10-14(3)15(11-13(12)2)16(20)18-6-5-7-19(9-8-18)17(21)22-4/h10-11H,5-9H2,1-4H3. The highest BCUT2D eigenvalue weighted by Crippen LogP contribution is 2.18. The van der Waals surface area contributed by atoms with Crippen LogP contribution in [0, 0.1) is 20.8 Å². The summed E-state index contributed by atoms with van der Waals surface area (Å²) in [6.45, 7) is 8.39. The molecule has 0 aromatic heterocycles. The molecule has 5 nitrogen and oxygen atoms in total. The van der Waals surface area contributed by atoms with E-state index in [4.69, 9.17) is 4.74 Å². The van der Waals surface area contributed by atoms with Crippen LogP contribution in [0.25, 0.3) is 0 Å². The molecule has 0 N–H and O–H groups in total. The van der Waals surface area contributed by atoms with E-state index in [1.807, 2.05) is 24.8 Å². The van der Waals surface area contributed by atoms with E-state index in [0.29, 0.717) is 26.2 Å². The molecule has 1 heterocycles. The van der Waals surface area contributed by atoms with Crippen molar-refractivity contribution in [2.45, 2.75) is 27.2 Å². The number of carbonyl (C=O) groups is 2. The Kier molecular flexibility index (Phi) is 5.06. The first kappa shape index (κ1) is 16.3. The summed E-state index contributed by atoms with van der Waals surface area (Å²) < 4.78 is 4.76. The van der Waals surface area contributed by atoms with Gasteiger partial charge in [-0.3, -0.25) is 4.79 Å². The number of rotatable bonds is 1. The van der Waals surface area contributed by atoms with Crippen LogP contribution in [0.15, 0.2) is 12.1 Å². The third-order valence-corrected chi connectivity index (χ3v) is 4.29.